The number of nitrogens with zero attached hydrogens (tertiary/aromatic N) is 2. The standard InChI is InChI=1S/C20H20Cl2N4O/c1-13(16-5-3-4-6-17(16)22)23-12-20(27)24-19-11-18(25-26(19)2)14-7-9-15(21)10-8-14/h3-11,13,23H,12H2,1-2H3,(H,24,27)/p+1/t13-/m1/s1. The van der Waals surface area contributed by atoms with E-state index in [4.69, 9.17) is 23.2 Å². The predicted molar refractivity (Wildman–Crippen MR) is 109 cm³/mol. The summed E-state index contributed by atoms with van der Waals surface area (Å²) in [6, 6.07) is 17.0. The molecule has 0 unspecified atom stereocenters. The van der Waals surface area contributed by atoms with Gasteiger partial charge in [0.05, 0.1) is 5.69 Å². The van der Waals surface area contributed by atoms with Gasteiger partial charge in [0.25, 0.3) is 5.91 Å². The molecule has 0 saturated heterocycles. The molecule has 0 aliphatic carbocycles. The minimum absolute atomic E-state index is 0.0839. The number of rotatable bonds is 6. The average Bonchev–Trinajstić information content (AvgIpc) is 3.01. The van der Waals surface area contributed by atoms with Crippen molar-refractivity contribution in [1.82, 2.24) is 9.78 Å². The molecule has 7 heteroatoms. The highest BCUT2D eigenvalue weighted by Crippen LogP contribution is 2.23. The van der Waals surface area contributed by atoms with Gasteiger partial charge in [-0.2, -0.15) is 5.10 Å². The van der Waals surface area contributed by atoms with E-state index in [1.54, 1.807) is 11.7 Å². The van der Waals surface area contributed by atoms with Crippen molar-refractivity contribution in [3.63, 3.8) is 0 Å². The molecule has 0 aliphatic heterocycles. The van der Waals surface area contributed by atoms with Crippen LogP contribution in [0.5, 0.6) is 0 Å². The third kappa shape index (κ3) is 4.89. The number of nitrogens with two attached hydrogens (primary N) is 1. The molecule has 0 aliphatic rings. The van der Waals surface area contributed by atoms with E-state index in [-0.39, 0.29) is 18.5 Å². The summed E-state index contributed by atoms with van der Waals surface area (Å²) < 4.78 is 1.65. The summed E-state index contributed by atoms with van der Waals surface area (Å²) in [5, 5.41) is 10.7. The maximum Gasteiger partial charge on any atom is 0.280 e. The Kier molecular flexibility index (Phi) is 6.16. The van der Waals surface area contributed by atoms with Crippen LogP contribution in [0.1, 0.15) is 18.5 Å². The summed E-state index contributed by atoms with van der Waals surface area (Å²) in [4.78, 5) is 12.3. The number of hydrogen-bond acceptors (Lipinski definition) is 2. The van der Waals surface area contributed by atoms with E-state index in [9.17, 15) is 4.79 Å². The number of aromatic nitrogens is 2. The number of quaternary nitrogens is 1. The summed E-state index contributed by atoms with van der Waals surface area (Å²) in [6.07, 6.45) is 0. The molecule has 0 saturated carbocycles. The number of aryl methyl sites for hydroxylation is 1. The minimum atomic E-state index is -0.0976. The topological polar surface area (TPSA) is 63.5 Å². The van der Waals surface area contributed by atoms with E-state index in [2.05, 4.69) is 10.4 Å². The zero-order valence-electron chi connectivity index (χ0n) is 15.1. The van der Waals surface area contributed by atoms with Gasteiger partial charge in [0.15, 0.2) is 6.54 Å². The van der Waals surface area contributed by atoms with Crippen molar-refractivity contribution in [2.24, 2.45) is 7.05 Å². The fourth-order valence-electron chi connectivity index (χ4n) is 2.79. The number of halogens is 2. The minimum Gasteiger partial charge on any atom is -0.332 e. The Bertz CT molecular complexity index is 937. The highest BCUT2D eigenvalue weighted by molar-refractivity contribution is 6.31. The SMILES string of the molecule is C[C@@H]([NH2+]CC(=O)Nc1cc(-c2ccc(Cl)cc2)nn1C)c1ccccc1Cl. The lowest BCUT2D eigenvalue weighted by atomic mass is 10.1. The number of carbonyl (C=O) groups is 1. The Hall–Kier alpha value is -2.34. The lowest BCUT2D eigenvalue weighted by molar-refractivity contribution is -0.682. The van der Waals surface area contributed by atoms with Gasteiger partial charge in [-0.3, -0.25) is 9.48 Å². The zero-order chi connectivity index (χ0) is 19.4. The van der Waals surface area contributed by atoms with Crippen LogP contribution in [0.3, 0.4) is 0 Å². The first-order chi connectivity index (χ1) is 12.9. The molecular weight excluding hydrogens is 383 g/mol. The van der Waals surface area contributed by atoms with Gasteiger partial charge in [-0.15, -0.1) is 0 Å². The van der Waals surface area contributed by atoms with E-state index in [0.29, 0.717) is 15.9 Å². The predicted octanol–water partition coefficient (Wildman–Crippen LogP) is 3.66. The maximum absolute atomic E-state index is 12.3. The van der Waals surface area contributed by atoms with Gasteiger partial charge < -0.3 is 10.6 Å². The van der Waals surface area contributed by atoms with Gasteiger partial charge in [-0.05, 0) is 25.1 Å². The van der Waals surface area contributed by atoms with E-state index in [1.807, 2.05) is 66.8 Å². The Morgan fingerprint density at radius 1 is 1.19 bits per heavy atom. The third-order valence-electron chi connectivity index (χ3n) is 4.34. The molecule has 1 atom stereocenters. The summed E-state index contributed by atoms with van der Waals surface area (Å²) in [7, 11) is 1.80. The summed E-state index contributed by atoms with van der Waals surface area (Å²) in [5.41, 5.74) is 2.73. The zero-order valence-corrected chi connectivity index (χ0v) is 16.6. The van der Waals surface area contributed by atoms with E-state index in [0.717, 1.165) is 16.8 Å². The summed E-state index contributed by atoms with van der Waals surface area (Å²) in [6.45, 7) is 2.31. The van der Waals surface area contributed by atoms with Gasteiger partial charge in [0.1, 0.15) is 11.9 Å². The second-order valence-electron chi connectivity index (χ2n) is 6.34. The molecule has 0 bridgehead atoms. The monoisotopic (exact) mass is 403 g/mol. The molecule has 3 aromatic rings. The van der Waals surface area contributed by atoms with Gasteiger partial charge >= 0.3 is 0 Å². The lowest BCUT2D eigenvalue weighted by Gasteiger charge is -2.12. The molecule has 0 radical (unpaired) electrons. The highest BCUT2D eigenvalue weighted by atomic mass is 35.5. The third-order valence-corrected chi connectivity index (χ3v) is 4.94. The first-order valence-corrected chi connectivity index (χ1v) is 9.37. The van der Waals surface area contributed by atoms with Gasteiger partial charge in [-0.25, -0.2) is 0 Å². The Labute approximate surface area is 168 Å². The first-order valence-electron chi connectivity index (χ1n) is 8.61. The van der Waals surface area contributed by atoms with Crippen LogP contribution < -0.4 is 10.6 Å². The van der Waals surface area contributed by atoms with Crippen LogP contribution in [-0.2, 0) is 11.8 Å². The molecule has 1 heterocycles. The van der Waals surface area contributed by atoms with Crippen molar-refractivity contribution in [1.29, 1.82) is 0 Å². The van der Waals surface area contributed by atoms with Crippen LogP contribution in [0.4, 0.5) is 5.82 Å². The lowest BCUT2D eigenvalue weighted by Crippen LogP contribution is -2.86. The number of benzene rings is 2. The summed E-state index contributed by atoms with van der Waals surface area (Å²) in [5.74, 6) is 0.545. The summed E-state index contributed by atoms with van der Waals surface area (Å²) >= 11 is 12.1. The largest absolute Gasteiger partial charge is 0.332 e. The van der Waals surface area contributed by atoms with Crippen LogP contribution in [0, 0.1) is 0 Å². The van der Waals surface area contributed by atoms with Gasteiger partial charge in [-0.1, -0.05) is 53.5 Å². The van der Waals surface area contributed by atoms with Crippen molar-refractivity contribution >= 4 is 34.9 Å². The van der Waals surface area contributed by atoms with Crippen molar-refractivity contribution < 1.29 is 10.1 Å². The molecule has 140 valence electrons. The highest BCUT2D eigenvalue weighted by Gasteiger charge is 2.15. The molecule has 2 aromatic carbocycles. The van der Waals surface area contributed by atoms with Crippen LogP contribution >= 0.6 is 23.2 Å². The normalized spacial score (nSPS) is 12.0. The van der Waals surface area contributed by atoms with Crippen LogP contribution in [0.2, 0.25) is 10.0 Å². The fraction of sp³-hybridized carbons (Fsp3) is 0.200. The molecule has 1 aromatic heterocycles. The molecule has 27 heavy (non-hydrogen) atoms. The Morgan fingerprint density at radius 3 is 2.59 bits per heavy atom. The second-order valence-corrected chi connectivity index (χ2v) is 7.19. The van der Waals surface area contributed by atoms with Crippen LogP contribution in [-0.4, -0.2) is 22.2 Å². The second kappa shape index (κ2) is 8.57. The van der Waals surface area contributed by atoms with Crippen molar-refractivity contribution in [3.05, 3.63) is 70.2 Å². The number of carbonyl (C=O) groups excluding carboxylic acids is 1. The average molecular weight is 404 g/mol. The molecular formula is C20H21Cl2N4O+. The van der Waals surface area contributed by atoms with E-state index >= 15 is 0 Å². The quantitative estimate of drug-likeness (QED) is 0.659. The molecule has 0 spiro atoms. The first kappa shape index (κ1) is 19.4. The fourth-order valence-corrected chi connectivity index (χ4v) is 3.23. The molecule has 0 fully saturated rings. The van der Waals surface area contributed by atoms with Crippen molar-refractivity contribution in [2.75, 3.05) is 11.9 Å². The number of nitrogens with one attached hydrogen (secondary N) is 1. The van der Waals surface area contributed by atoms with Gasteiger partial charge in [0.2, 0.25) is 0 Å². The van der Waals surface area contributed by atoms with Crippen molar-refractivity contribution in [2.45, 2.75) is 13.0 Å². The van der Waals surface area contributed by atoms with Gasteiger partial charge in [0, 0.05) is 34.3 Å². The Balaban J connectivity index is 1.61. The number of anilines is 1. The smallest absolute Gasteiger partial charge is 0.280 e. The molecule has 1 amide bonds. The molecule has 3 N–H and O–H groups in total. The molecule has 3 rings (SSSR count). The Morgan fingerprint density at radius 2 is 1.89 bits per heavy atom. The van der Waals surface area contributed by atoms with Crippen molar-refractivity contribution in [3.8, 4) is 11.3 Å². The number of amides is 1. The number of hydrogen-bond donors (Lipinski definition) is 2. The van der Waals surface area contributed by atoms with Crippen LogP contribution in [0.25, 0.3) is 11.3 Å². The maximum atomic E-state index is 12.3. The van der Waals surface area contributed by atoms with E-state index in [1.165, 1.54) is 0 Å². The molecule has 5 nitrogen and oxygen atoms in total. The van der Waals surface area contributed by atoms with Crippen LogP contribution in [0.15, 0.2) is 54.6 Å². The van der Waals surface area contributed by atoms with E-state index < -0.39 is 0 Å².